The van der Waals surface area contributed by atoms with E-state index in [1.165, 1.54) is 6.42 Å². The zero-order chi connectivity index (χ0) is 11.6. The van der Waals surface area contributed by atoms with Gasteiger partial charge < -0.3 is 19.7 Å². The van der Waals surface area contributed by atoms with Gasteiger partial charge in [-0.3, -0.25) is 0 Å². The first-order chi connectivity index (χ1) is 7.83. The van der Waals surface area contributed by atoms with Crippen LogP contribution in [0.2, 0.25) is 0 Å². The first kappa shape index (κ1) is 13.9. The minimum atomic E-state index is 0.735. The van der Waals surface area contributed by atoms with Crippen LogP contribution in [0.25, 0.3) is 0 Å². The topological polar surface area (TPSA) is 33.7 Å². The minimum Gasteiger partial charge on any atom is -0.385 e. The van der Waals surface area contributed by atoms with Crippen LogP contribution in [0.4, 0.5) is 0 Å². The quantitative estimate of drug-likeness (QED) is 0.588. The second kappa shape index (κ2) is 8.93. The fraction of sp³-hybridized carbons (Fsp3) is 1.00. The Morgan fingerprint density at radius 1 is 1.44 bits per heavy atom. The standard InChI is InChI=1S/C12H26N2O2/c1-14(6-3-8-15-2)7-5-13-10-12-4-9-16-11-12/h12-13H,3-11H2,1-2H3. The number of hydrogen-bond donors (Lipinski definition) is 1. The average Bonchev–Trinajstić information content (AvgIpc) is 2.78. The normalized spacial score (nSPS) is 20.8. The van der Waals surface area contributed by atoms with Crippen LogP contribution in [0, 0.1) is 5.92 Å². The molecule has 4 heteroatoms. The van der Waals surface area contributed by atoms with Crippen LogP contribution >= 0.6 is 0 Å². The molecule has 1 heterocycles. The van der Waals surface area contributed by atoms with Gasteiger partial charge in [-0.05, 0) is 25.8 Å². The van der Waals surface area contributed by atoms with Crippen molar-refractivity contribution in [2.24, 2.45) is 5.92 Å². The molecule has 0 aromatic carbocycles. The summed E-state index contributed by atoms with van der Waals surface area (Å²) in [5.41, 5.74) is 0. The minimum absolute atomic E-state index is 0.735. The monoisotopic (exact) mass is 230 g/mol. The van der Waals surface area contributed by atoms with E-state index in [4.69, 9.17) is 9.47 Å². The smallest absolute Gasteiger partial charge is 0.0507 e. The van der Waals surface area contributed by atoms with E-state index in [0.717, 1.165) is 58.3 Å². The van der Waals surface area contributed by atoms with Crippen LogP contribution in [0.3, 0.4) is 0 Å². The van der Waals surface area contributed by atoms with Crippen molar-refractivity contribution < 1.29 is 9.47 Å². The van der Waals surface area contributed by atoms with Crippen LogP contribution < -0.4 is 5.32 Å². The summed E-state index contributed by atoms with van der Waals surface area (Å²) < 4.78 is 10.4. The Balaban J connectivity index is 1.85. The number of ether oxygens (including phenoxy) is 2. The van der Waals surface area contributed by atoms with E-state index in [0.29, 0.717) is 0 Å². The van der Waals surface area contributed by atoms with E-state index in [-0.39, 0.29) is 0 Å². The lowest BCUT2D eigenvalue weighted by atomic mass is 10.1. The summed E-state index contributed by atoms with van der Waals surface area (Å²) in [6.45, 7) is 7.14. The van der Waals surface area contributed by atoms with Gasteiger partial charge in [0.1, 0.15) is 0 Å². The summed E-state index contributed by atoms with van der Waals surface area (Å²) in [5, 5.41) is 3.50. The van der Waals surface area contributed by atoms with Crippen LogP contribution in [-0.4, -0.2) is 65.1 Å². The van der Waals surface area contributed by atoms with Crippen molar-refractivity contribution in [2.45, 2.75) is 12.8 Å². The maximum Gasteiger partial charge on any atom is 0.0507 e. The number of nitrogens with zero attached hydrogens (tertiary/aromatic N) is 1. The van der Waals surface area contributed by atoms with Gasteiger partial charge in [-0.15, -0.1) is 0 Å². The molecule has 0 aromatic rings. The van der Waals surface area contributed by atoms with Gasteiger partial charge in [-0.2, -0.15) is 0 Å². The van der Waals surface area contributed by atoms with Crippen LogP contribution in [0.1, 0.15) is 12.8 Å². The third-order valence-electron chi connectivity index (χ3n) is 3.02. The van der Waals surface area contributed by atoms with Crippen molar-refractivity contribution in [3.05, 3.63) is 0 Å². The van der Waals surface area contributed by atoms with Gasteiger partial charge >= 0.3 is 0 Å². The SMILES string of the molecule is COCCCN(C)CCNCC1CCOC1. The van der Waals surface area contributed by atoms with E-state index >= 15 is 0 Å². The molecule has 0 aliphatic carbocycles. The lowest BCUT2D eigenvalue weighted by molar-refractivity contribution is 0.178. The Hall–Kier alpha value is -0.160. The molecular weight excluding hydrogens is 204 g/mol. The Bertz CT molecular complexity index is 161. The highest BCUT2D eigenvalue weighted by molar-refractivity contribution is 4.67. The average molecular weight is 230 g/mol. The molecule has 0 bridgehead atoms. The first-order valence-electron chi connectivity index (χ1n) is 6.29. The second-order valence-corrected chi connectivity index (χ2v) is 4.58. The molecule has 0 amide bonds. The zero-order valence-electron chi connectivity index (χ0n) is 10.7. The Kier molecular flexibility index (Phi) is 7.76. The van der Waals surface area contributed by atoms with Crippen molar-refractivity contribution in [3.8, 4) is 0 Å². The summed E-state index contributed by atoms with van der Waals surface area (Å²) in [5.74, 6) is 0.735. The molecule has 1 atom stereocenters. The zero-order valence-corrected chi connectivity index (χ0v) is 10.7. The van der Waals surface area contributed by atoms with Crippen molar-refractivity contribution in [3.63, 3.8) is 0 Å². The lowest BCUT2D eigenvalue weighted by Gasteiger charge is -2.17. The van der Waals surface area contributed by atoms with Gasteiger partial charge in [-0.25, -0.2) is 0 Å². The molecule has 1 fully saturated rings. The van der Waals surface area contributed by atoms with Gasteiger partial charge in [0.25, 0.3) is 0 Å². The molecule has 0 aromatic heterocycles. The Morgan fingerprint density at radius 2 is 2.31 bits per heavy atom. The fourth-order valence-electron chi connectivity index (χ4n) is 1.91. The number of hydrogen-bond acceptors (Lipinski definition) is 4. The molecular formula is C12H26N2O2. The highest BCUT2D eigenvalue weighted by Crippen LogP contribution is 2.10. The summed E-state index contributed by atoms with van der Waals surface area (Å²) >= 11 is 0. The van der Waals surface area contributed by atoms with Crippen molar-refractivity contribution >= 4 is 0 Å². The molecule has 1 unspecified atom stereocenters. The number of likely N-dealkylation sites (N-methyl/N-ethyl adjacent to an activating group) is 1. The third kappa shape index (κ3) is 6.43. The number of rotatable bonds is 9. The maximum atomic E-state index is 5.34. The molecule has 1 aliphatic rings. The molecule has 1 aliphatic heterocycles. The predicted molar refractivity (Wildman–Crippen MR) is 65.8 cm³/mol. The highest BCUT2D eigenvalue weighted by Gasteiger charge is 2.14. The predicted octanol–water partition coefficient (Wildman–Crippen LogP) is 0.581. The van der Waals surface area contributed by atoms with Crippen LogP contribution in [0.15, 0.2) is 0 Å². The molecule has 4 nitrogen and oxygen atoms in total. The molecule has 1 rings (SSSR count). The molecule has 0 spiro atoms. The molecule has 96 valence electrons. The summed E-state index contributed by atoms with van der Waals surface area (Å²) in [4.78, 5) is 2.34. The van der Waals surface area contributed by atoms with Crippen molar-refractivity contribution in [1.29, 1.82) is 0 Å². The van der Waals surface area contributed by atoms with E-state index < -0.39 is 0 Å². The van der Waals surface area contributed by atoms with Crippen molar-refractivity contribution in [2.75, 3.05) is 60.2 Å². The summed E-state index contributed by atoms with van der Waals surface area (Å²) in [6, 6.07) is 0. The van der Waals surface area contributed by atoms with E-state index in [2.05, 4.69) is 17.3 Å². The number of methoxy groups -OCH3 is 1. The summed E-state index contributed by atoms with van der Waals surface area (Å²) in [6.07, 6.45) is 2.33. The summed E-state index contributed by atoms with van der Waals surface area (Å²) in [7, 11) is 3.92. The van der Waals surface area contributed by atoms with E-state index in [1.54, 1.807) is 7.11 Å². The molecule has 0 radical (unpaired) electrons. The molecule has 1 N–H and O–H groups in total. The van der Waals surface area contributed by atoms with E-state index in [1.807, 2.05) is 0 Å². The van der Waals surface area contributed by atoms with Crippen LogP contribution in [0.5, 0.6) is 0 Å². The van der Waals surface area contributed by atoms with Crippen LogP contribution in [-0.2, 0) is 9.47 Å². The Labute approximate surface area is 99.3 Å². The molecule has 16 heavy (non-hydrogen) atoms. The number of nitrogens with one attached hydrogen (secondary N) is 1. The molecule has 0 saturated carbocycles. The van der Waals surface area contributed by atoms with Gasteiger partial charge in [0.15, 0.2) is 0 Å². The third-order valence-corrected chi connectivity index (χ3v) is 3.02. The van der Waals surface area contributed by atoms with Gasteiger partial charge in [0.2, 0.25) is 0 Å². The fourth-order valence-corrected chi connectivity index (χ4v) is 1.91. The largest absolute Gasteiger partial charge is 0.385 e. The highest BCUT2D eigenvalue weighted by atomic mass is 16.5. The second-order valence-electron chi connectivity index (χ2n) is 4.58. The first-order valence-corrected chi connectivity index (χ1v) is 6.29. The molecule has 1 saturated heterocycles. The van der Waals surface area contributed by atoms with E-state index in [9.17, 15) is 0 Å². The maximum absolute atomic E-state index is 5.34. The van der Waals surface area contributed by atoms with Crippen molar-refractivity contribution in [1.82, 2.24) is 10.2 Å². The Morgan fingerprint density at radius 3 is 3.00 bits per heavy atom. The van der Waals surface area contributed by atoms with Gasteiger partial charge in [0, 0.05) is 46.5 Å². The van der Waals surface area contributed by atoms with Gasteiger partial charge in [-0.1, -0.05) is 0 Å². The van der Waals surface area contributed by atoms with Gasteiger partial charge in [0.05, 0.1) is 6.61 Å². The lowest BCUT2D eigenvalue weighted by Crippen LogP contribution is -2.32.